The average Bonchev–Trinajstić information content (AvgIpc) is 2.49. The molecule has 0 saturated carbocycles. The maximum Gasteiger partial charge on any atom is 0.142 e. The van der Waals surface area contributed by atoms with Crippen molar-refractivity contribution in [3.63, 3.8) is 0 Å². The van der Waals surface area contributed by atoms with Gasteiger partial charge in [0.15, 0.2) is 0 Å². The number of hydroxylamine groups is 1. The van der Waals surface area contributed by atoms with Gasteiger partial charge in [0, 0.05) is 5.56 Å². The van der Waals surface area contributed by atoms with E-state index < -0.39 is 0 Å². The summed E-state index contributed by atoms with van der Waals surface area (Å²) in [6, 6.07) is 4.04. The van der Waals surface area contributed by atoms with Gasteiger partial charge in [0.1, 0.15) is 12.4 Å². The Morgan fingerprint density at radius 3 is 3.07 bits per heavy atom. The summed E-state index contributed by atoms with van der Waals surface area (Å²) in [4.78, 5) is 4.89. The number of benzene rings is 1. The van der Waals surface area contributed by atoms with Crippen LogP contribution in [0.3, 0.4) is 0 Å². The van der Waals surface area contributed by atoms with Crippen LogP contribution in [0.15, 0.2) is 12.1 Å². The predicted molar refractivity (Wildman–Crippen MR) is 54.6 cm³/mol. The van der Waals surface area contributed by atoms with Crippen LogP contribution in [0, 0.1) is 6.92 Å². The predicted octanol–water partition coefficient (Wildman–Crippen LogP) is 2.23. The number of hydrogen-bond donors (Lipinski definition) is 1. The number of rotatable bonds is 2. The van der Waals surface area contributed by atoms with Gasteiger partial charge in [-0.25, -0.2) is 0 Å². The monoisotopic (exact) mass is 213 g/mol. The lowest BCUT2D eigenvalue weighted by Crippen LogP contribution is -2.20. The van der Waals surface area contributed by atoms with Gasteiger partial charge in [-0.2, -0.15) is 5.48 Å². The SMILES string of the molecule is CONC1COc2c(Cl)cc(C)cc21. The quantitative estimate of drug-likeness (QED) is 0.765. The van der Waals surface area contributed by atoms with Crippen LogP contribution in [-0.2, 0) is 4.84 Å². The van der Waals surface area contributed by atoms with E-state index >= 15 is 0 Å². The van der Waals surface area contributed by atoms with Crippen LogP contribution in [0.4, 0.5) is 0 Å². The summed E-state index contributed by atoms with van der Waals surface area (Å²) in [6.07, 6.45) is 0. The Labute approximate surface area is 87.9 Å². The van der Waals surface area contributed by atoms with Crippen molar-refractivity contribution in [3.8, 4) is 5.75 Å². The zero-order chi connectivity index (χ0) is 10.1. The molecule has 0 amide bonds. The van der Waals surface area contributed by atoms with Crippen molar-refractivity contribution in [2.75, 3.05) is 13.7 Å². The highest BCUT2D eigenvalue weighted by atomic mass is 35.5. The van der Waals surface area contributed by atoms with E-state index in [9.17, 15) is 0 Å². The van der Waals surface area contributed by atoms with Crippen molar-refractivity contribution in [1.29, 1.82) is 0 Å². The third-order valence-electron chi connectivity index (χ3n) is 2.25. The molecule has 1 N–H and O–H groups in total. The minimum absolute atomic E-state index is 0.0763. The largest absolute Gasteiger partial charge is 0.490 e. The number of nitrogens with one attached hydrogen (secondary N) is 1. The second-order valence-electron chi connectivity index (χ2n) is 3.35. The summed E-state index contributed by atoms with van der Waals surface area (Å²) in [5, 5.41) is 0.667. The molecule has 3 nitrogen and oxygen atoms in total. The highest BCUT2D eigenvalue weighted by molar-refractivity contribution is 6.32. The molecular weight excluding hydrogens is 202 g/mol. The first-order valence-corrected chi connectivity index (χ1v) is 4.81. The first-order valence-electron chi connectivity index (χ1n) is 4.43. The maximum atomic E-state index is 6.05. The van der Waals surface area contributed by atoms with Gasteiger partial charge in [-0.05, 0) is 18.6 Å². The van der Waals surface area contributed by atoms with E-state index in [4.69, 9.17) is 21.2 Å². The topological polar surface area (TPSA) is 30.5 Å². The summed E-state index contributed by atoms with van der Waals surface area (Å²) in [5.41, 5.74) is 5.06. The van der Waals surface area contributed by atoms with Crippen LogP contribution in [0.1, 0.15) is 17.2 Å². The van der Waals surface area contributed by atoms with Crippen molar-refractivity contribution < 1.29 is 9.57 Å². The molecule has 1 aromatic carbocycles. The zero-order valence-corrected chi connectivity index (χ0v) is 8.89. The molecule has 0 aliphatic carbocycles. The van der Waals surface area contributed by atoms with E-state index in [1.165, 1.54) is 0 Å². The Kier molecular flexibility index (Phi) is 2.63. The van der Waals surface area contributed by atoms with Crippen LogP contribution < -0.4 is 10.2 Å². The second kappa shape index (κ2) is 3.77. The summed E-state index contributed by atoms with van der Waals surface area (Å²) in [5.74, 6) is 0.770. The van der Waals surface area contributed by atoms with Gasteiger partial charge < -0.3 is 9.57 Å². The molecule has 1 heterocycles. The molecule has 1 aliphatic heterocycles. The first-order chi connectivity index (χ1) is 6.72. The highest BCUT2D eigenvalue weighted by Gasteiger charge is 2.26. The highest BCUT2D eigenvalue weighted by Crippen LogP contribution is 2.39. The molecule has 1 atom stereocenters. The fourth-order valence-corrected chi connectivity index (χ4v) is 2.00. The number of fused-ring (bicyclic) bond motifs is 1. The Hall–Kier alpha value is -0.770. The van der Waals surface area contributed by atoms with Gasteiger partial charge in [0.05, 0.1) is 18.2 Å². The molecule has 2 rings (SSSR count). The first kappa shape index (κ1) is 9.77. The second-order valence-corrected chi connectivity index (χ2v) is 3.76. The van der Waals surface area contributed by atoms with E-state index in [-0.39, 0.29) is 6.04 Å². The number of hydrogen-bond acceptors (Lipinski definition) is 3. The molecule has 14 heavy (non-hydrogen) atoms. The van der Waals surface area contributed by atoms with Crippen LogP contribution in [0.25, 0.3) is 0 Å². The molecular formula is C10H12ClNO2. The van der Waals surface area contributed by atoms with Gasteiger partial charge in [0.25, 0.3) is 0 Å². The van der Waals surface area contributed by atoms with Gasteiger partial charge >= 0.3 is 0 Å². The van der Waals surface area contributed by atoms with Gasteiger partial charge in [-0.3, -0.25) is 0 Å². The fraction of sp³-hybridized carbons (Fsp3) is 0.400. The molecule has 0 radical (unpaired) electrons. The third kappa shape index (κ3) is 1.59. The number of aryl methyl sites for hydroxylation is 1. The Morgan fingerprint density at radius 2 is 2.36 bits per heavy atom. The van der Waals surface area contributed by atoms with Crippen molar-refractivity contribution >= 4 is 11.6 Å². The Bertz CT molecular complexity index is 354. The molecule has 1 aliphatic rings. The summed E-state index contributed by atoms with van der Waals surface area (Å²) in [7, 11) is 1.59. The van der Waals surface area contributed by atoms with Crippen molar-refractivity contribution in [2.24, 2.45) is 0 Å². The molecule has 0 spiro atoms. The summed E-state index contributed by atoms with van der Waals surface area (Å²) < 4.78 is 5.47. The normalized spacial score (nSPS) is 19.2. The molecule has 0 bridgehead atoms. The zero-order valence-electron chi connectivity index (χ0n) is 8.13. The molecule has 0 saturated heterocycles. The van der Waals surface area contributed by atoms with E-state index in [0.29, 0.717) is 11.6 Å². The van der Waals surface area contributed by atoms with E-state index in [2.05, 4.69) is 11.5 Å². The van der Waals surface area contributed by atoms with Crippen molar-refractivity contribution in [3.05, 3.63) is 28.3 Å². The Morgan fingerprint density at radius 1 is 1.57 bits per heavy atom. The molecule has 0 aromatic heterocycles. The third-order valence-corrected chi connectivity index (χ3v) is 2.53. The fourth-order valence-electron chi connectivity index (χ4n) is 1.66. The van der Waals surface area contributed by atoms with Crippen LogP contribution in [0.2, 0.25) is 5.02 Å². The average molecular weight is 214 g/mol. The molecule has 1 unspecified atom stereocenters. The van der Waals surface area contributed by atoms with Gasteiger partial charge in [-0.1, -0.05) is 17.7 Å². The molecule has 0 fully saturated rings. The smallest absolute Gasteiger partial charge is 0.142 e. The lowest BCUT2D eigenvalue weighted by Gasteiger charge is -2.09. The van der Waals surface area contributed by atoms with Crippen molar-refractivity contribution in [1.82, 2.24) is 5.48 Å². The minimum Gasteiger partial charge on any atom is -0.490 e. The van der Waals surface area contributed by atoms with E-state index in [1.54, 1.807) is 7.11 Å². The van der Waals surface area contributed by atoms with E-state index in [1.807, 2.05) is 13.0 Å². The van der Waals surface area contributed by atoms with Crippen LogP contribution in [-0.4, -0.2) is 13.7 Å². The van der Waals surface area contributed by atoms with Gasteiger partial charge in [0.2, 0.25) is 0 Å². The molecule has 76 valence electrons. The minimum atomic E-state index is 0.0763. The number of ether oxygens (including phenoxy) is 1. The molecule has 1 aromatic rings. The Balaban J connectivity index is 2.38. The molecule has 4 heteroatoms. The summed E-state index contributed by atoms with van der Waals surface area (Å²) >= 11 is 6.05. The summed E-state index contributed by atoms with van der Waals surface area (Å²) in [6.45, 7) is 2.57. The van der Waals surface area contributed by atoms with Crippen LogP contribution in [0.5, 0.6) is 5.75 Å². The standard InChI is InChI=1S/C10H12ClNO2/c1-6-3-7-9(12-13-2)5-14-10(7)8(11)4-6/h3-4,9,12H,5H2,1-2H3. The maximum absolute atomic E-state index is 6.05. The van der Waals surface area contributed by atoms with Crippen molar-refractivity contribution in [2.45, 2.75) is 13.0 Å². The lowest BCUT2D eigenvalue weighted by molar-refractivity contribution is 0.0536. The van der Waals surface area contributed by atoms with E-state index in [0.717, 1.165) is 16.9 Å². The lowest BCUT2D eigenvalue weighted by atomic mass is 10.1. The number of halogens is 1. The van der Waals surface area contributed by atoms with Crippen LogP contribution >= 0.6 is 11.6 Å². The van der Waals surface area contributed by atoms with Gasteiger partial charge in [-0.15, -0.1) is 0 Å².